The van der Waals surface area contributed by atoms with Crippen LogP contribution in [0.3, 0.4) is 0 Å². The highest BCUT2D eigenvalue weighted by Crippen LogP contribution is 2.26. The van der Waals surface area contributed by atoms with Crippen LogP contribution in [0.4, 0.5) is 0 Å². The molecule has 0 amide bonds. The Bertz CT molecular complexity index is 519. The highest BCUT2D eigenvalue weighted by Gasteiger charge is 2.14. The highest BCUT2D eigenvalue weighted by atomic mass is 79.9. The van der Waals surface area contributed by atoms with Gasteiger partial charge < -0.3 is 10.2 Å². The average molecular weight is 294 g/mol. The van der Waals surface area contributed by atoms with Crippen molar-refractivity contribution in [1.82, 2.24) is 0 Å². The van der Waals surface area contributed by atoms with E-state index in [1.165, 1.54) is 16.7 Å². The molecule has 0 radical (unpaired) electrons. The number of hydrogen-bond acceptors (Lipinski definition) is 2. The van der Waals surface area contributed by atoms with E-state index in [4.69, 9.17) is 10.2 Å². The third-order valence-electron chi connectivity index (χ3n) is 2.99. The van der Waals surface area contributed by atoms with Crippen molar-refractivity contribution in [2.75, 3.05) is 0 Å². The zero-order valence-corrected chi connectivity index (χ0v) is 11.6. The number of furan rings is 1. The van der Waals surface area contributed by atoms with Crippen LogP contribution >= 0.6 is 15.9 Å². The van der Waals surface area contributed by atoms with Gasteiger partial charge >= 0.3 is 0 Å². The van der Waals surface area contributed by atoms with Gasteiger partial charge in [-0.3, -0.25) is 0 Å². The molecule has 0 saturated heterocycles. The monoisotopic (exact) mass is 293 g/mol. The maximum absolute atomic E-state index is 6.20. The van der Waals surface area contributed by atoms with Gasteiger partial charge in [0.2, 0.25) is 0 Å². The summed E-state index contributed by atoms with van der Waals surface area (Å²) in [5, 5.41) is 0. The first-order valence-electron chi connectivity index (χ1n) is 5.62. The van der Waals surface area contributed by atoms with Crippen molar-refractivity contribution in [1.29, 1.82) is 0 Å². The minimum absolute atomic E-state index is 0.0383. The molecule has 0 bridgehead atoms. The Hall–Kier alpha value is -1.06. The molecule has 0 aliphatic carbocycles. The van der Waals surface area contributed by atoms with E-state index in [1.807, 2.05) is 6.07 Å². The summed E-state index contributed by atoms with van der Waals surface area (Å²) in [6.45, 7) is 4.22. The van der Waals surface area contributed by atoms with Crippen molar-refractivity contribution < 1.29 is 4.42 Å². The van der Waals surface area contributed by atoms with Gasteiger partial charge in [0.15, 0.2) is 4.67 Å². The van der Waals surface area contributed by atoms with Crippen LogP contribution in [-0.2, 0) is 6.42 Å². The van der Waals surface area contributed by atoms with E-state index in [-0.39, 0.29) is 6.04 Å². The first-order chi connectivity index (χ1) is 8.08. The Kier molecular flexibility index (Phi) is 3.69. The lowest BCUT2D eigenvalue weighted by molar-refractivity contribution is 0.531. The molecule has 90 valence electrons. The fourth-order valence-corrected chi connectivity index (χ4v) is 2.47. The Morgan fingerprint density at radius 2 is 2.06 bits per heavy atom. The summed E-state index contributed by atoms with van der Waals surface area (Å²) in [4.78, 5) is 0. The largest absolute Gasteiger partial charge is 0.457 e. The first-order valence-corrected chi connectivity index (χ1v) is 6.42. The number of benzene rings is 1. The standard InChI is InChI=1S/C14H16BrNO/c1-9-3-4-10(2)11(7-9)8-13(16)12-5-6-17-14(12)15/h3-7,13H,8,16H2,1-2H3. The minimum atomic E-state index is -0.0383. The van der Waals surface area contributed by atoms with Crippen LogP contribution in [0.25, 0.3) is 0 Å². The summed E-state index contributed by atoms with van der Waals surface area (Å²) in [5.41, 5.74) is 11.1. The van der Waals surface area contributed by atoms with E-state index >= 15 is 0 Å². The van der Waals surface area contributed by atoms with Crippen LogP contribution < -0.4 is 5.73 Å². The van der Waals surface area contributed by atoms with Crippen molar-refractivity contribution in [2.24, 2.45) is 5.73 Å². The van der Waals surface area contributed by atoms with Crippen molar-refractivity contribution >= 4 is 15.9 Å². The van der Waals surface area contributed by atoms with E-state index < -0.39 is 0 Å². The second-order valence-corrected chi connectivity index (χ2v) is 5.11. The number of aryl methyl sites for hydroxylation is 2. The minimum Gasteiger partial charge on any atom is -0.457 e. The number of hydrogen-bond donors (Lipinski definition) is 1. The van der Waals surface area contributed by atoms with Crippen LogP contribution in [0.1, 0.15) is 28.3 Å². The molecule has 0 fully saturated rings. The molecule has 1 aromatic carbocycles. The van der Waals surface area contributed by atoms with E-state index in [0.717, 1.165) is 16.7 Å². The van der Waals surface area contributed by atoms with Crippen LogP contribution in [0, 0.1) is 13.8 Å². The van der Waals surface area contributed by atoms with Crippen molar-refractivity contribution in [3.8, 4) is 0 Å². The lowest BCUT2D eigenvalue weighted by Gasteiger charge is -2.13. The number of nitrogens with two attached hydrogens (primary N) is 1. The van der Waals surface area contributed by atoms with E-state index in [9.17, 15) is 0 Å². The summed E-state index contributed by atoms with van der Waals surface area (Å²) in [7, 11) is 0. The van der Waals surface area contributed by atoms with Gasteiger partial charge in [-0.25, -0.2) is 0 Å². The van der Waals surface area contributed by atoms with Gasteiger partial charge in [-0.2, -0.15) is 0 Å². The Balaban J connectivity index is 2.21. The SMILES string of the molecule is Cc1ccc(C)c(CC(N)c2ccoc2Br)c1. The summed E-state index contributed by atoms with van der Waals surface area (Å²) in [6.07, 6.45) is 2.48. The predicted octanol–water partition coefficient (Wildman–Crippen LogP) is 3.90. The third-order valence-corrected chi connectivity index (χ3v) is 3.63. The van der Waals surface area contributed by atoms with Gasteiger partial charge in [-0.15, -0.1) is 0 Å². The number of halogens is 1. The number of rotatable bonds is 3. The summed E-state index contributed by atoms with van der Waals surface area (Å²) >= 11 is 3.37. The van der Waals surface area contributed by atoms with Gasteiger partial charge in [0.05, 0.1) is 6.26 Å². The van der Waals surface area contributed by atoms with Crippen LogP contribution in [-0.4, -0.2) is 0 Å². The molecule has 0 saturated carbocycles. The lowest BCUT2D eigenvalue weighted by Crippen LogP contribution is -2.13. The Labute approximate surface area is 110 Å². The zero-order valence-electron chi connectivity index (χ0n) is 10.0. The molecular weight excluding hydrogens is 278 g/mol. The van der Waals surface area contributed by atoms with Crippen molar-refractivity contribution in [3.05, 3.63) is 57.5 Å². The van der Waals surface area contributed by atoms with Gasteiger partial charge in [-0.05, 0) is 53.4 Å². The molecule has 1 unspecified atom stereocenters. The second-order valence-electron chi connectivity index (χ2n) is 4.39. The van der Waals surface area contributed by atoms with Gasteiger partial charge in [0.25, 0.3) is 0 Å². The first kappa shape index (κ1) is 12.4. The Morgan fingerprint density at radius 1 is 1.29 bits per heavy atom. The molecule has 0 spiro atoms. The zero-order chi connectivity index (χ0) is 12.4. The normalized spacial score (nSPS) is 12.7. The molecule has 2 nitrogen and oxygen atoms in total. The smallest absolute Gasteiger partial charge is 0.173 e. The predicted molar refractivity (Wildman–Crippen MR) is 73.0 cm³/mol. The van der Waals surface area contributed by atoms with E-state index in [1.54, 1.807) is 6.26 Å². The van der Waals surface area contributed by atoms with Crippen LogP contribution in [0.5, 0.6) is 0 Å². The maximum Gasteiger partial charge on any atom is 0.173 e. The molecule has 3 heteroatoms. The third kappa shape index (κ3) is 2.79. The molecule has 0 aliphatic heterocycles. The molecule has 2 N–H and O–H groups in total. The maximum atomic E-state index is 6.20. The van der Waals surface area contributed by atoms with Gasteiger partial charge in [0.1, 0.15) is 0 Å². The van der Waals surface area contributed by atoms with Crippen molar-refractivity contribution in [3.63, 3.8) is 0 Å². The summed E-state index contributed by atoms with van der Waals surface area (Å²) in [6, 6.07) is 8.34. The van der Waals surface area contributed by atoms with Crippen molar-refractivity contribution in [2.45, 2.75) is 26.3 Å². The topological polar surface area (TPSA) is 39.2 Å². The van der Waals surface area contributed by atoms with Crippen LogP contribution in [0.2, 0.25) is 0 Å². The molecule has 17 heavy (non-hydrogen) atoms. The fraction of sp³-hybridized carbons (Fsp3) is 0.286. The lowest BCUT2D eigenvalue weighted by atomic mass is 9.97. The van der Waals surface area contributed by atoms with E-state index in [0.29, 0.717) is 0 Å². The molecule has 2 aromatic rings. The quantitative estimate of drug-likeness (QED) is 0.932. The summed E-state index contributed by atoms with van der Waals surface area (Å²) < 4.78 is 5.95. The summed E-state index contributed by atoms with van der Waals surface area (Å²) in [5.74, 6) is 0. The average Bonchev–Trinajstić information content (AvgIpc) is 2.70. The van der Waals surface area contributed by atoms with E-state index in [2.05, 4.69) is 48.0 Å². The second kappa shape index (κ2) is 5.07. The van der Waals surface area contributed by atoms with Gasteiger partial charge in [-0.1, -0.05) is 23.8 Å². The van der Waals surface area contributed by atoms with Gasteiger partial charge in [0, 0.05) is 11.6 Å². The van der Waals surface area contributed by atoms with Crippen LogP contribution in [0.15, 0.2) is 39.6 Å². The molecule has 1 atom stereocenters. The molecular formula is C14H16BrNO. The fourth-order valence-electron chi connectivity index (χ4n) is 1.94. The Morgan fingerprint density at radius 3 is 2.71 bits per heavy atom. The molecule has 2 rings (SSSR count). The molecule has 1 aromatic heterocycles. The molecule has 0 aliphatic rings. The molecule has 1 heterocycles. The highest BCUT2D eigenvalue weighted by molar-refractivity contribution is 9.10.